The third-order valence-corrected chi connectivity index (χ3v) is 4.04. The monoisotopic (exact) mass is 366 g/mol. The van der Waals surface area contributed by atoms with Gasteiger partial charge in [0.1, 0.15) is 11.3 Å². The van der Waals surface area contributed by atoms with Crippen molar-refractivity contribution in [2.24, 2.45) is 20.2 Å². The summed E-state index contributed by atoms with van der Waals surface area (Å²) >= 11 is 0. The van der Waals surface area contributed by atoms with Gasteiger partial charge in [-0.3, -0.25) is 9.98 Å². The molecular weight excluding hydrogens is 344 g/mol. The van der Waals surface area contributed by atoms with Gasteiger partial charge in [0, 0.05) is 44.1 Å². The molecule has 0 aromatic carbocycles. The van der Waals surface area contributed by atoms with Crippen molar-refractivity contribution in [3.63, 3.8) is 0 Å². The highest BCUT2D eigenvalue weighted by Gasteiger charge is 2.03. The minimum atomic E-state index is 0.698. The van der Waals surface area contributed by atoms with Gasteiger partial charge in [-0.05, 0) is 25.0 Å². The summed E-state index contributed by atoms with van der Waals surface area (Å²) in [5.41, 5.74) is 8.36. The van der Waals surface area contributed by atoms with Crippen LogP contribution in [-0.4, -0.2) is 59.9 Å². The molecule has 0 spiro atoms. The molecule has 0 radical (unpaired) electrons. The molecule has 4 heterocycles. The second-order valence-electron chi connectivity index (χ2n) is 6.15. The van der Waals surface area contributed by atoms with Crippen molar-refractivity contribution in [3.05, 3.63) is 35.8 Å². The number of hydrogen-bond donors (Lipinski definition) is 4. The van der Waals surface area contributed by atoms with E-state index in [4.69, 9.17) is 0 Å². The van der Waals surface area contributed by atoms with Crippen molar-refractivity contribution < 1.29 is 0 Å². The SMILES string of the molecule is C(=NNC1=NCCCN1)c1ccc2nc(C=NNC3=NCCCN3)cn2c1. The number of guanidine groups is 2. The third-order valence-electron chi connectivity index (χ3n) is 4.04. The molecule has 0 aliphatic carbocycles. The van der Waals surface area contributed by atoms with Crippen LogP contribution in [0.25, 0.3) is 5.65 Å². The number of pyridine rings is 1. The summed E-state index contributed by atoms with van der Waals surface area (Å²) in [6.45, 7) is 3.49. The van der Waals surface area contributed by atoms with Crippen LogP contribution in [0.4, 0.5) is 0 Å². The van der Waals surface area contributed by atoms with Gasteiger partial charge >= 0.3 is 0 Å². The molecule has 140 valence electrons. The first-order valence-corrected chi connectivity index (χ1v) is 9.00. The Bertz CT molecular complexity index is 872. The molecule has 10 nitrogen and oxygen atoms in total. The minimum Gasteiger partial charge on any atom is -0.355 e. The van der Waals surface area contributed by atoms with Crippen molar-refractivity contribution in [1.82, 2.24) is 30.9 Å². The predicted molar refractivity (Wildman–Crippen MR) is 106 cm³/mol. The van der Waals surface area contributed by atoms with E-state index in [1.54, 1.807) is 12.4 Å². The Morgan fingerprint density at radius 1 is 0.926 bits per heavy atom. The van der Waals surface area contributed by atoms with E-state index in [1.165, 1.54) is 0 Å². The number of nitrogens with zero attached hydrogens (tertiary/aromatic N) is 6. The zero-order valence-electron chi connectivity index (χ0n) is 14.9. The standard InChI is InChI=1S/C17H22N10/c1-5-18-16(19-6-1)25-22-9-13-3-4-15-24-14(12-27(15)11-13)10-23-26-17-20-7-2-8-21-17/h3-4,9-12H,1-2,5-8H2,(H2,18,19,25)(H2,20,21,26). The van der Waals surface area contributed by atoms with Crippen molar-refractivity contribution >= 4 is 30.0 Å². The van der Waals surface area contributed by atoms with Crippen molar-refractivity contribution in [3.8, 4) is 0 Å². The average Bonchev–Trinajstić information content (AvgIpc) is 3.12. The fourth-order valence-corrected chi connectivity index (χ4v) is 2.71. The molecule has 0 bridgehead atoms. The zero-order chi connectivity index (χ0) is 18.3. The fraction of sp³-hybridized carbons (Fsp3) is 0.353. The van der Waals surface area contributed by atoms with Gasteiger partial charge in [0.05, 0.1) is 12.4 Å². The maximum absolute atomic E-state index is 4.51. The lowest BCUT2D eigenvalue weighted by molar-refractivity contribution is 0.712. The number of fused-ring (bicyclic) bond motifs is 1. The summed E-state index contributed by atoms with van der Waals surface area (Å²) in [6, 6.07) is 3.90. The molecule has 0 amide bonds. The Balaban J connectivity index is 1.39. The van der Waals surface area contributed by atoms with Crippen molar-refractivity contribution in [2.75, 3.05) is 26.2 Å². The maximum Gasteiger partial charge on any atom is 0.212 e. The Labute approximate surface area is 156 Å². The maximum atomic E-state index is 4.51. The molecular formula is C17H22N10. The summed E-state index contributed by atoms with van der Waals surface area (Å²) in [4.78, 5) is 13.1. The van der Waals surface area contributed by atoms with Crippen LogP contribution in [0.1, 0.15) is 24.1 Å². The number of nitrogens with one attached hydrogen (secondary N) is 4. The van der Waals surface area contributed by atoms with E-state index < -0.39 is 0 Å². The smallest absolute Gasteiger partial charge is 0.212 e. The van der Waals surface area contributed by atoms with E-state index in [2.05, 4.69) is 46.7 Å². The fourth-order valence-electron chi connectivity index (χ4n) is 2.71. The molecule has 2 aromatic heterocycles. The zero-order valence-corrected chi connectivity index (χ0v) is 14.9. The van der Waals surface area contributed by atoms with Crippen molar-refractivity contribution in [1.29, 1.82) is 0 Å². The highest BCUT2D eigenvalue weighted by Crippen LogP contribution is 2.05. The van der Waals surface area contributed by atoms with Crippen LogP contribution >= 0.6 is 0 Å². The van der Waals surface area contributed by atoms with Gasteiger partial charge in [0.2, 0.25) is 11.9 Å². The summed E-state index contributed by atoms with van der Waals surface area (Å²) < 4.78 is 1.94. The Morgan fingerprint density at radius 3 is 2.30 bits per heavy atom. The quantitative estimate of drug-likeness (QED) is 0.445. The molecule has 0 unspecified atom stereocenters. The second kappa shape index (κ2) is 8.30. The number of hydrazone groups is 2. The topological polar surface area (TPSA) is 115 Å². The molecule has 10 heteroatoms. The van der Waals surface area contributed by atoms with Gasteiger partial charge in [0.15, 0.2) is 0 Å². The number of rotatable bonds is 4. The van der Waals surface area contributed by atoms with Crippen LogP contribution in [0.2, 0.25) is 0 Å². The van der Waals surface area contributed by atoms with Crippen molar-refractivity contribution in [2.45, 2.75) is 12.8 Å². The van der Waals surface area contributed by atoms with Crippen LogP contribution in [0.15, 0.2) is 44.7 Å². The number of aliphatic imine (C=N–C) groups is 2. The molecule has 0 fully saturated rings. The Hall–Kier alpha value is -3.43. The minimum absolute atomic E-state index is 0.698. The first-order chi connectivity index (χ1) is 13.4. The molecule has 2 aliphatic rings. The summed E-state index contributed by atoms with van der Waals surface area (Å²) in [5, 5.41) is 14.7. The van der Waals surface area contributed by atoms with Gasteiger partial charge in [-0.25, -0.2) is 15.8 Å². The Morgan fingerprint density at radius 2 is 1.63 bits per heavy atom. The molecule has 0 saturated heterocycles. The normalized spacial score (nSPS) is 17.5. The second-order valence-corrected chi connectivity index (χ2v) is 6.15. The van der Waals surface area contributed by atoms with Crippen LogP contribution in [0.3, 0.4) is 0 Å². The summed E-state index contributed by atoms with van der Waals surface area (Å²) in [7, 11) is 0. The molecule has 0 atom stereocenters. The summed E-state index contributed by atoms with van der Waals surface area (Å²) in [6.07, 6.45) is 9.40. The van der Waals surface area contributed by atoms with Crippen LogP contribution < -0.4 is 21.5 Å². The molecule has 2 aliphatic heterocycles. The third kappa shape index (κ3) is 4.60. The molecule has 2 aromatic rings. The lowest BCUT2D eigenvalue weighted by Crippen LogP contribution is -2.38. The van der Waals surface area contributed by atoms with Crippen LogP contribution in [-0.2, 0) is 0 Å². The molecule has 27 heavy (non-hydrogen) atoms. The van der Waals surface area contributed by atoms with Crippen LogP contribution in [0.5, 0.6) is 0 Å². The Kier molecular flexibility index (Phi) is 5.23. The molecule has 4 N–H and O–H groups in total. The number of hydrogen-bond acceptors (Lipinski definition) is 9. The van der Waals surface area contributed by atoms with E-state index >= 15 is 0 Å². The van der Waals surface area contributed by atoms with E-state index in [9.17, 15) is 0 Å². The summed E-state index contributed by atoms with van der Waals surface area (Å²) in [5.74, 6) is 1.41. The van der Waals surface area contributed by atoms with E-state index in [0.29, 0.717) is 11.9 Å². The van der Waals surface area contributed by atoms with Gasteiger partial charge in [-0.15, -0.1) is 0 Å². The van der Waals surface area contributed by atoms with Gasteiger partial charge < -0.3 is 15.0 Å². The first-order valence-electron chi connectivity index (χ1n) is 9.00. The van der Waals surface area contributed by atoms with Gasteiger partial charge in [-0.2, -0.15) is 10.2 Å². The largest absolute Gasteiger partial charge is 0.355 e. The van der Waals surface area contributed by atoms with E-state index in [0.717, 1.165) is 55.9 Å². The molecule has 0 saturated carbocycles. The average molecular weight is 366 g/mol. The lowest BCUT2D eigenvalue weighted by atomic mass is 10.3. The highest BCUT2D eigenvalue weighted by molar-refractivity contribution is 5.85. The number of aromatic nitrogens is 2. The number of imidazole rings is 1. The van der Waals surface area contributed by atoms with Gasteiger partial charge in [-0.1, -0.05) is 0 Å². The van der Waals surface area contributed by atoms with E-state index in [-0.39, 0.29) is 0 Å². The van der Waals surface area contributed by atoms with Crippen LogP contribution in [0, 0.1) is 0 Å². The first kappa shape index (κ1) is 17.0. The predicted octanol–water partition coefficient (Wildman–Crippen LogP) is -0.120. The highest BCUT2D eigenvalue weighted by atomic mass is 15.4. The van der Waals surface area contributed by atoms with E-state index in [1.807, 2.05) is 28.9 Å². The molecule has 4 rings (SSSR count). The lowest BCUT2D eigenvalue weighted by Gasteiger charge is -2.12. The van der Waals surface area contributed by atoms with Gasteiger partial charge in [0.25, 0.3) is 0 Å².